The van der Waals surface area contributed by atoms with Gasteiger partial charge in [-0.05, 0) is 342 Å². The summed E-state index contributed by atoms with van der Waals surface area (Å²) < 4.78 is 62.9. The molecule has 10 heteroatoms. The Hall–Kier alpha value is -16.0. The molecule has 0 radical (unpaired) electrons. The SMILES string of the molecule is CC(C)(C)c1ccc(-c2cc3c4cc5ccc(N(c6ccccc6)c6ccc(F)cc6)cc5cc4n4c5cc6cc(N(c7ccccc7)c7ccc(F)cc7)ccc6cc5c(c2)c34)cc1.CC(C)(C)c1ccc(-c2cc3c4cc5ccc(N(c6ccccc6)c6cccc(F)c6)cc5cc4n4c5cc6cc(N(c7ccccc7)c7cccc(F)c7)ccc6cc5c(c2)c34)cc1. The molecule has 6 nitrogen and oxygen atoms in total. The molecule has 24 rings (SSSR count). The van der Waals surface area contributed by atoms with Crippen molar-refractivity contribution in [2.24, 2.45) is 0 Å². The first-order valence-corrected chi connectivity index (χ1v) is 44.2. The highest BCUT2D eigenvalue weighted by molar-refractivity contribution is 6.29. The van der Waals surface area contributed by atoms with Crippen LogP contribution in [0.4, 0.5) is 85.8 Å². The molecule has 4 aromatic heterocycles. The number of hydrogen-bond donors (Lipinski definition) is 0. The molecule has 0 fully saturated rings. The predicted molar refractivity (Wildman–Crippen MR) is 539 cm³/mol. The standard InChI is InChI=1S/2C60H43F2N3/c1-60(2,3)44-24-20-38(21-25-44)43-32-55-53-30-39-22-26-51(63(47-14-6-4-7-15-47)49-18-10-12-45(61)36-49)28-41(39)34-57(53)65-58-35-42-29-52(27-23-40(42)31-54(58)56(33-43)59(55)65)64(48-16-8-5-9-17-48)50-19-11-13-46(62)37-50;1-60(2,3)44-18-14-38(15-19-44)43-34-55-53-32-39-16-24-51(63(47-10-6-4-7-11-47)49-26-20-45(61)21-27-49)30-41(39)36-57(53)65-58-37-42-31-52(25-17-40(42)33-54(58)56(35-43)59(55)65)64(48-12-8-5-9-13-48)50-28-22-46(62)23-29-50/h2*4-37H,1-3H3. The number of aromatic nitrogens is 2. The first-order valence-electron chi connectivity index (χ1n) is 44.2. The van der Waals surface area contributed by atoms with Gasteiger partial charge in [0.15, 0.2) is 0 Å². The van der Waals surface area contributed by atoms with Gasteiger partial charge in [0.2, 0.25) is 0 Å². The van der Waals surface area contributed by atoms with Crippen molar-refractivity contribution in [2.45, 2.75) is 52.4 Å². The van der Waals surface area contributed by atoms with Crippen LogP contribution in [0.25, 0.3) is 142 Å². The summed E-state index contributed by atoms with van der Waals surface area (Å²) in [6, 6.07) is 140. The van der Waals surface area contributed by atoms with Crippen LogP contribution in [-0.4, -0.2) is 8.80 Å². The van der Waals surface area contributed by atoms with Crippen molar-refractivity contribution in [1.29, 1.82) is 0 Å². The van der Waals surface area contributed by atoms with E-state index in [1.807, 2.05) is 109 Å². The molecule has 0 aliphatic carbocycles. The summed E-state index contributed by atoms with van der Waals surface area (Å²) in [5, 5.41) is 18.5. The van der Waals surface area contributed by atoms with E-state index in [2.05, 4.69) is 313 Å². The number of halogens is 4. The number of rotatable bonds is 14. The topological polar surface area (TPSA) is 21.8 Å². The number of fused-ring (bicyclic) bond motifs is 16. The Balaban J connectivity index is 0.000000148. The average Bonchev–Trinajstić information content (AvgIpc) is 1.53. The van der Waals surface area contributed by atoms with Crippen molar-refractivity contribution >= 4 is 188 Å². The summed E-state index contributed by atoms with van der Waals surface area (Å²) in [6.07, 6.45) is 0. The van der Waals surface area contributed by atoms with Crippen LogP contribution < -0.4 is 19.6 Å². The molecule has 0 bridgehead atoms. The second-order valence-corrected chi connectivity index (χ2v) is 36.4. The summed E-state index contributed by atoms with van der Waals surface area (Å²) >= 11 is 0. The maximum absolute atomic E-state index is 14.8. The lowest BCUT2D eigenvalue weighted by Crippen LogP contribution is -2.10. The zero-order valence-electron chi connectivity index (χ0n) is 72.5. The molecule has 0 aliphatic heterocycles. The highest BCUT2D eigenvalue weighted by Gasteiger charge is 2.28. The van der Waals surface area contributed by atoms with Crippen LogP contribution in [-0.2, 0) is 10.8 Å². The third-order valence-electron chi connectivity index (χ3n) is 26.1. The van der Waals surface area contributed by atoms with Gasteiger partial charge in [0.05, 0.1) is 33.1 Å². The number of benzene rings is 20. The Morgan fingerprint density at radius 2 is 0.415 bits per heavy atom. The third kappa shape index (κ3) is 13.8. The van der Waals surface area contributed by atoms with Crippen molar-refractivity contribution in [2.75, 3.05) is 19.6 Å². The van der Waals surface area contributed by atoms with Gasteiger partial charge in [0.1, 0.15) is 23.3 Å². The second-order valence-electron chi connectivity index (χ2n) is 36.4. The summed E-state index contributed by atoms with van der Waals surface area (Å²) in [5.74, 6) is -1.10. The van der Waals surface area contributed by atoms with E-state index >= 15 is 0 Å². The largest absolute Gasteiger partial charge is 0.310 e. The first kappa shape index (κ1) is 78.7. The maximum atomic E-state index is 14.8. The van der Waals surface area contributed by atoms with Crippen LogP contribution in [0, 0.1) is 23.3 Å². The molecule has 24 aromatic rings. The molecular formula is C120H86F4N6. The molecule has 0 saturated heterocycles. The summed E-state index contributed by atoms with van der Waals surface area (Å²) in [4.78, 5) is 8.57. The van der Waals surface area contributed by atoms with Crippen molar-refractivity contribution in [3.63, 3.8) is 0 Å². The van der Waals surface area contributed by atoms with E-state index in [4.69, 9.17) is 0 Å². The van der Waals surface area contributed by atoms with Crippen LogP contribution in [0.5, 0.6) is 0 Å². The Morgan fingerprint density at radius 3 is 0.677 bits per heavy atom. The van der Waals surface area contributed by atoms with Crippen LogP contribution in [0.1, 0.15) is 52.7 Å². The molecule has 0 amide bonds. The van der Waals surface area contributed by atoms with E-state index in [9.17, 15) is 17.6 Å². The third-order valence-corrected chi connectivity index (χ3v) is 26.1. The van der Waals surface area contributed by atoms with Crippen molar-refractivity contribution in [3.05, 3.63) is 447 Å². The first-order chi connectivity index (χ1) is 63.3. The van der Waals surface area contributed by atoms with Crippen LogP contribution in [0.3, 0.4) is 0 Å². The fraction of sp³-hybridized carbons (Fsp3) is 0.0667. The summed E-state index contributed by atoms with van der Waals surface area (Å²) in [6.45, 7) is 13.5. The molecule has 0 saturated carbocycles. The van der Waals surface area contributed by atoms with Gasteiger partial charge in [-0.1, -0.05) is 199 Å². The second kappa shape index (κ2) is 30.9. The molecular weight excluding hydrogens is 1600 g/mol. The maximum Gasteiger partial charge on any atom is 0.125 e. The Kier molecular flexibility index (Phi) is 18.7. The van der Waals surface area contributed by atoms with Gasteiger partial charge in [-0.3, -0.25) is 0 Å². The van der Waals surface area contributed by atoms with Gasteiger partial charge >= 0.3 is 0 Å². The summed E-state index contributed by atoms with van der Waals surface area (Å²) in [7, 11) is 0. The Morgan fingerprint density at radius 1 is 0.177 bits per heavy atom. The molecule has 0 spiro atoms. The molecule has 0 atom stereocenters. The smallest absolute Gasteiger partial charge is 0.125 e. The molecule has 4 heterocycles. The minimum absolute atomic E-state index is 0.0512. The predicted octanol–water partition coefficient (Wildman–Crippen LogP) is 34.7. The number of anilines is 12. The molecule has 0 N–H and O–H groups in total. The normalized spacial score (nSPS) is 12.1. The zero-order chi connectivity index (χ0) is 88.0. The van der Waals surface area contributed by atoms with Gasteiger partial charge < -0.3 is 28.4 Å². The van der Waals surface area contributed by atoms with Gasteiger partial charge in [-0.15, -0.1) is 0 Å². The minimum atomic E-state index is -0.283. The van der Waals surface area contributed by atoms with Crippen LogP contribution in [0.2, 0.25) is 0 Å². The van der Waals surface area contributed by atoms with Gasteiger partial charge in [-0.2, -0.15) is 0 Å². The van der Waals surface area contributed by atoms with Gasteiger partial charge in [0, 0.05) is 111 Å². The zero-order valence-corrected chi connectivity index (χ0v) is 72.5. The van der Waals surface area contributed by atoms with Gasteiger partial charge in [0.25, 0.3) is 0 Å². The van der Waals surface area contributed by atoms with E-state index in [-0.39, 0.29) is 34.1 Å². The fourth-order valence-corrected chi connectivity index (χ4v) is 19.7. The lowest BCUT2D eigenvalue weighted by Gasteiger charge is -2.26. The fourth-order valence-electron chi connectivity index (χ4n) is 19.7. The Bertz CT molecular complexity index is 8090. The minimum Gasteiger partial charge on any atom is -0.310 e. The highest BCUT2D eigenvalue weighted by atomic mass is 19.1. The van der Waals surface area contributed by atoms with Crippen LogP contribution in [0.15, 0.2) is 413 Å². The van der Waals surface area contributed by atoms with Crippen molar-refractivity contribution in [3.8, 4) is 22.3 Å². The van der Waals surface area contributed by atoms with Gasteiger partial charge in [-0.25, -0.2) is 17.6 Å². The molecule has 0 unspecified atom stereocenters. The number of hydrogen-bond acceptors (Lipinski definition) is 4. The van der Waals surface area contributed by atoms with E-state index < -0.39 is 0 Å². The highest BCUT2D eigenvalue weighted by Crippen LogP contribution is 2.51. The monoisotopic (exact) mass is 1690 g/mol. The van der Waals surface area contributed by atoms with E-state index in [1.165, 1.54) is 124 Å². The Labute approximate surface area is 750 Å². The average molecular weight is 1690 g/mol. The lowest BCUT2D eigenvalue weighted by molar-refractivity contribution is 0.590. The molecule has 0 aliphatic rings. The van der Waals surface area contributed by atoms with Crippen molar-refractivity contribution < 1.29 is 17.6 Å². The van der Waals surface area contributed by atoms with Crippen molar-refractivity contribution in [1.82, 2.24) is 8.80 Å². The lowest BCUT2D eigenvalue weighted by atomic mass is 9.86. The molecule has 624 valence electrons. The van der Waals surface area contributed by atoms with E-state index in [0.717, 1.165) is 133 Å². The van der Waals surface area contributed by atoms with E-state index in [0.29, 0.717) is 0 Å². The molecule has 20 aromatic carbocycles. The van der Waals surface area contributed by atoms with Crippen LogP contribution >= 0.6 is 0 Å². The van der Waals surface area contributed by atoms with E-state index in [1.54, 1.807) is 24.3 Å². The number of nitrogens with zero attached hydrogens (tertiary/aromatic N) is 6. The molecule has 130 heavy (non-hydrogen) atoms. The quantitative estimate of drug-likeness (QED) is 0.101. The summed E-state index contributed by atoms with van der Waals surface area (Å²) in [5.41, 5.74) is 25.3. The number of para-hydroxylation sites is 4.